The first-order valence-corrected chi connectivity index (χ1v) is 18.8. The van der Waals surface area contributed by atoms with E-state index in [1.54, 1.807) is 21.8 Å². The second-order valence-electron chi connectivity index (χ2n) is 12.2. The lowest BCUT2D eigenvalue weighted by molar-refractivity contribution is 0.0624. The smallest absolute Gasteiger partial charge is 0.263 e. The number of fused-ring (bicyclic) bond motifs is 4. The number of amides is 2. The molecule has 0 saturated heterocycles. The maximum absolute atomic E-state index is 13.8. The SMILES string of the molecule is CCCCCCC1(CCCCCC)c2ccsc2-c2sc(-c3scc4c3C(=O)N(CC(CC)CCCC)C4=O)cc21. The third-order valence-corrected chi connectivity index (χ3v) is 12.9. The predicted molar refractivity (Wildman–Crippen MR) is 178 cm³/mol. The summed E-state index contributed by atoms with van der Waals surface area (Å²) in [6.45, 7) is 9.50. The minimum atomic E-state index is -0.0896. The van der Waals surface area contributed by atoms with Crippen molar-refractivity contribution < 1.29 is 9.59 Å². The van der Waals surface area contributed by atoms with Crippen molar-refractivity contribution in [2.24, 2.45) is 5.92 Å². The molecule has 6 heteroatoms. The van der Waals surface area contributed by atoms with Crippen LogP contribution >= 0.6 is 34.0 Å². The number of imide groups is 1. The fraction of sp³-hybridized carbons (Fsp3) is 0.600. The van der Waals surface area contributed by atoms with Gasteiger partial charge in [0, 0.05) is 32.0 Å². The Hall–Kier alpha value is -1.76. The van der Waals surface area contributed by atoms with Gasteiger partial charge in [-0.1, -0.05) is 98.3 Å². The highest BCUT2D eigenvalue weighted by Gasteiger charge is 2.46. The monoisotopic (exact) mass is 609 g/mol. The summed E-state index contributed by atoms with van der Waals surface area (Å²) in [6.07, 6.45) is 17.0. The molecule has 1 unspecified atom stereocenters. The lowest BCUT2D eigenvalue weighted by atomic mass is 9.71. The fourth-order valence-electron chi connectivity index (χ4n) is 7.03. The summed E-state index contributed by atoms with van der Waals surface area (Å²) < 4.78 is 0. The van der Waals surface area contributed by atoms with Gasteiger partial charge in [-0.3, -0.25) is 14.5 Å². The van der Waals surface area contributed by atoms with Crippen molar-refractivity contribution in [3.05, 3.63) is 45.1 Å². The summed E-state index contributed by atoms with van der Waals surface area (Å²) in [4.78, 5) is 33.8. The van der Waals surface area contributed by atoms with Crippen molar-refractivity contribution in [1.82, 2.24) is 4.90 Å². The van der Waals surface area contributed by atoms with Crippen LogP contribution in [0.3, 0.4) is 0 Å². The van der Waals surface area contributed by atoms with E-state index >= 15 is 0 Å². The lowest BCUT2D eigenvalue weighted by Gasteiger charge is -2.31. The van der Waals surface area contributed by atoms with Gasteiger partial charge in [0.25, 0.3) is 11.8 Å². The number of nitrogens with zero attached hydrogens (tertiary/aromatic N) is 1. The molecule has 1 atom stereocenters. The highest BCUT2D eigenvalue weighted by molar-refractivity contribution is 7.26. The molecule has 1 aliphatic heterocycles. The first kappa shape index (κ1) is 30.7. The molecule has 0 radical (unpaired) electrons. The van der Waals surface area contributed by atoms with Gasteiger partial charge >= 0.3 is 0 Å². The van der Waals surface area contributed by atoms with Crippen LogP contribution < -0.4 is 0 Å². The van der Waals surface area contributed by atoms with Crippen molar-refractivity contribution in [1.29, 1.82) is 0 Å². The first-order chi connectivity index (χ1) is 20.0. The lowest BCUT2D eigenvalue weighted by Crippen LogP contribution is -2.34. The highest BCUT2D eigenvalue weighted by Crippen LogP contribution is 2.60. The number of unbranched alkanes of at least 4 members (excludes halogenated alkanes) is 7. The average molecular weight is 610 g/mol. The minimum Gasteiger partial charge on any atom is -0.274 e. The minimum absolute atomic E-state index is 0.0769. The number of carbonyl (C=O) groups is 2. The molecule has 0 N–H and O–H groups in total. The second kappa shape index (κ2) is 13.7. The molecule has 0 fully saturated rings. The Morgan fingerprint density at radius 2 is 1.49 bits per heavy atom. The third kappa shape index (κ3) is 5.78. The van der Waals surface area contributed by atoms with E-state index in [4.69, 9.17) is 0 Å². The Kier molecular flexibility index (Phi) is 10.2. The summed E-state index contributed by atoms with van der Waals surface area (Å²) in [5.41, 5.74) is 4.41. The zero-order chi connectivity index (χ0) is 29.0. The summed E-state index contributed by atoms with van der Waals surface area (Å²) in [5.74, 6) is 0.211. The normalized spacial score (nSPS) is 16.0. The molecule has 1 aliphatic carbocycles. The Morgan fingerprint density at radius 1 is 0.780 bits per heavy atom. The second-order valence-corrected chi connectivity index (χ2v) is 15.1. The average Bonchev–Trinajstić information content (AvgIpc) is 3.78. The summed E-state index contributed by atoms with van der Waals surface area (Å²) in [5, 5.41) is 4.23. The van der Waals surface area contributed by atoms with Gasteiger partial charge in [-0.2, -0.15) is 0 Å². The molecular formula is C35H47NO2S3. The van der Waals surface area contributed by atoms with Crippen LogP contribution in [0.25, 0.3) is 19.5 Å². The molecule has 3 aromatic heterocycles. The molecule has 5 rings (SSSR count). The van der Waals surface area contributed by atoms with Gasteiger partial charge in [0.1, 0.15) is 0 Å². The molecule has 3 nitrogen and oxygen atoms in total. The fourth-order valence-corrected chi connectivity index (χ4v) is 10.6. The van der Waals surface area contributed by atoms with Crippen LogP contribution in [-0.4, -0.2) is 23.3 Å². The first-order valence-electron chi connectivity index (χ1n) is 16.2. The van der Waals surface area contributed by atoms with E-state index in [1.807, 2.05) is 28.1 Å². The molecule has 222 valence electrons. The van der Waals surface area contributed by atoms with E-state index in [2.05, 4.69) is 45.2 Å². The van der Waals surface area contributed by atoms with Crippen molar-refractivity contribution in [3.63, 3.8) is 0 Å². The Labute approximate surface area is 259 Å². The summed E-state index contributed by atoms with van der Waals surface area (Å²) >= 11 is 5.33. The zero-order valence-electron chi connectivity index (χ0n) is 25.5. The summed E-state index contributed by atoms with van der Waals surface area (Å²) in [7, 11) is 0. The number of hydrogen-bond donors (Lipinski definition) is 0. The van der Waals surface area contributed by atoms with Crippen LogP contribution in [0.15, 0.2) is 22.9 Å². The van der Waals surface area contributed by atoms with Crippen LogP contribution in [0.1, 0.15) is 149 Å². The largest absolute Gasteiger partial charge is 0.274 e. The molecular weight excluding hydrogens is 563 g/mol. The predicted octanol–water partition coefficient (Wildman–Crippen LogP) is 11.6. The quantitative estimate of drug-likeness (QED) is 0.113. The van der Waals surface area contributed by atoms with Crippen LogP contribution in [0.2, 0.25) is 0 Å². The van der Waals surface area contributed by atoms with Gasteiger partial charge in [-0.15, -0.1) is 34.0 Å². The highest BCUT2D eigenvalue weighted by atomic mass is 32.1. The maximum atomic E-state index is 13.8. The van der Waals surface area contributed by atoms with Crippen LogP contribution in [0, 0.1) is 5.92 Å². The topological polar surface area (TPSA) is 37.4 Å². The van der Waals surface area contributed by atoms with Gasteiger partial charge in [0.2, 0.25) is 0 Å². The molecule has 0 spiro atoms. The van der Waals surface area contributed by atoms with Crippen molar-refractivity contribution in [2.45, 2.75) is 123 Å². The van der Waals surface area contributed by atoms with Crippen molar-refractivity contribution >= 4 is 45.8 Å². The number of hydrogen-bond acceptors (Lipinski definition) is 5. The number of carbonyl (C=O) groups excluding carboxylic acids is 2. The van der Waals surface area contributed by atoms with E-state index in [-0.39, 0.29) is 17.2 Å². The Morgan fingerprint density at radius 3 is 2.15 bits per heavy atom. The zero-order valence-corrected chi connectivity index (χ0v) is 27.9. The van der Waals surface area contributed by atoms with Gasteiger partial charge in [0.05, 0.1) is 16.0 Å². The molecule has 2 aliphatic rings. The Balaban J connectivity index is 1.48. The van der Waals surface area contributed by atoms with Crippen molar-refractivity contribution in [3.8, 4) is 19.5 Å². The Bertz CT molecular complexity index is 1330. The van der Waals surface area contributed by atoms with E-state index in [9.17, 15) is 9.59 Å². The van der Waals surface area contributed by atoms with Crippen LogP contribution in [-0.2, 0) is 5.41 Å². The molecule has 0 aromatic carbocycles. The van der Waals surface area contributed by atoms with Gasteiger partial charge in [-0.05, 0) is 53.8 Å². The third-order valence-electron chi connectivity index (χ3n) is 9.48. The molecule has 2 amide bonds. The van der Waals surface area contributed by atoms with Gasteiger partial charge < -0.3 is 0 Å². The maximum Gasteiger partial charge on any atom is 0.263 e. The molecule has 0 saturated carbocycles. The van der Waals surface area contributed by atoms with Gasteiger partial charge in [-0.25, -0.2) is 0 Å². The standard InChI is InChI=1S/C35H47NO2S3/c1-5-9-12-14-18-35(19-15-13-10-6-2)26-17-20-39-30(26)31-27(35)21-28(41-31)32-29-25(23-40-32)33(37)36(34(29)38)22-24(8-4)16-11-7-3/h17,20-21,23-24H,5-16,18-19,22H2,1-4H3. The van der Waals surface area contributed by atoms with Crippen LogP contribution in [0.4, 0.5) is 0 Å². The number of thiophene rings is 3. The van der Waals surface area contributed by atoms with Crippen LogP contribution in [0.5, 0.6) is 0 Å². The van der Waals surface area contributed by atoms with Crippen molar-refractivity contribution in [2.75, 3.05) is 6.54 Å². The van der Waals surface area contributed by atoms with E-state index < -0.39 is 0 Å². The van der Waals surface area contributed by atoms with E-state index in [1.165, 1.54) is 84.4 Å². The van der Waals surface area contributed by atoms with E-state index in [0.29, 0.717) is 23.6 Å². The molecule has 3 aromatic rings. The molecule has 4 heterocycles. The number of rotatable bonds is 17. The molecule has 0 bridgehead atoms. The van der Waals surface area contributed by atoms with Gasteiger partial charge in [0.15, 0.2) is 0 Å². The molecule has 41 heavy (non-hydrogen) atoms. The van der Waals surface area contributed by atoms with E-state index in [0.717, 1.165) is 30.6 Å². The summed E-state index contributed by atoms with van der Waals surface area (Å²) in [6, 6.07) is 4.83.